The molecule has 0 spiro atoms. The summed E-state index contributed by atoms with van der Waals surface area (Å²) >= 11 is 0. The van der Waals surface area contributed by atoms with Gasteiger partial charge in [0.15, 0.2) is 0 Å². The highest BCUT2D eigenvalue weighted by atomic mass is 16.6. The molecular formula is C41H71N3O8. The van der Waals surface area contributed by atoms with Crippen LogP contribution < -0.4 is 17.2 Å². The number of carbonyl (C=O) groups excluding carboxylic acids is 4. The van der Waals surface area contributed by atoms with Crippen LogP contribution in [0.25, 0.3) is 0 Å². The van der Waals surface area contributed by atoms with Crippen molar-refractivity contribution >= 4 is 23.9 Å². The first-order valence-electron chi connectivity index (χ1n) is 20.8. The molecule has 4 aliphatic carbocycles. The van der Waals surface area contributed by atoms with Crippen molar-refractivity contribution in [2.45, 2.75) is 162 Å². The van der Waals surface area contributed by atoms with Gasteiger partial charge in [-0.3, -0.25) is 19.2 Å². The van der Waals surface area contributed by atoms with Gasteiger partial charge in [-0.25, -0.2) is 0 Å². The average Bonchev–Trinajstić information content (AvgIpc) is 3.46. The molecule has 298 valence electrons. The van der Waals surface area contributed by atoms with Crippen LogP contribution in [0.3, 0.4) is 0 Å². The summed E-state index contributed by atoms with van der Waals surface area (Å²) < 4.78 is 24.3. The Balaban J connectivity index is 1.56. The van der Waals surface area contributed by atoms with E-state index >= 15 is 0 Å². The first-order valence-corrected chi connectivity index (χ1v) is 20.8. The topological polar surface area (TPSA) is 183 Å². The molecule has 0 saturated heterocycles. The molecule has 52 heavy (non-hydrogen) atoms. The number of carbonyl (C=O) groups is 4. The second kappa shape index (κ2) is 19.9. The normalized spacial score (nSPS) is 34.3. The lowest BCUT2D eigenvalue weighted by Crippen LogP contribution is -2.63. The quantitative estimate of drug-likeness (QED) is 0.0762. The van der Waals surface area contributed by atoms with Crippen LogP contribution in [-0.2, 0) is 38.1 Å². The highest BCUT2D eigenvalue weighted by Crippen LogP contribution is 2.69. The highest BCUT2D eigenvalue weighted by molar-refractivity contribution is 5.71. The minimum absolute atomic E-state index is 0.0910. The highest BCUT2D eigenvalue weighted by Gasteiger charge is 2.67. The standard InChI is InChI=1S/C41H71N3O8/c1-5-6-7-8-9-10-23-49-35(45)14-11-27(2)30-12-13-31-39-32(26-34(41(30,31)4)52-38(48)18-22-44)40(3)19-15-29(50-36(46)16-20-42)24-28(40)25-33(39)51-37(47)17-21-43/h27-34,39H,5-26,42-44H2,1-4H3/t27-,28?,29-,30?,31+,32+,33-,34+,39?,40+,41-/m1/s1. The Kier molecular flexibility index (Phi) is 16.3. The maximum atomic E-state index is 13.2. The molecule has 11 nitrogen and oxygen atoms in total. The Hall–Kier alpha value is -2.24. The van der Waals surface area contributed by atoms with E-state index in [2.05, 4.69) is 27.7 Å². The molecule has 0 radical (unpaired) electrons. The number of esters is 4. The first-order chi connectivity index (χ1) is 24.9. The van der Waals surface area contributed by atoms with Gasteiger partial charge in [-0.15, -0.1) is 0 Å². The lowest BCUT2D eigenvalue weighted by molar-refractivity contribution is -0.225. The van der Waals surface area contributed by atoms with Gasteiger partial charge in [0.2, 0.25) is 0 Å². The summed E-state index contributed by atoms with van der Waals surface area (Å²) in [4.78, 5) is 51.6. The van der Waals surface area contributed by atoms with Crippen molar-refractivity contribution in [3.05, 3.63) is 0 Å². The molecule has 0 aromatic rings. The van der Waals surface area contributed by atoms with E-state index in [9.17, 15) is 19.2 Å². The molecule has 0 amide bonds. The Labute approximate surface area is 312 Å². The van der Waals surface area contributed by atoms with Gasteiger partial charge in [0.05, 0.1) is 25.9 Å². The van der Waals surface area contributed by atoms with E-state index in [1.165, 1.54) is 25.7 Å². The monoisotopic (exact) mass is 734 g/mol. The summed E-state index contributed by atoms with van der Waals surface area (Å²) in [6.07, 6.45) is 13.2. The lowest BCUT2D eigenvalue weighted by atomic mass is 9.43. The maximum absolute atomic E-state index is 13.2. The third-order valence-electron chi connectivity index (χ3n) is 13.9. The predicted octanol–water partition coefficient (Wildman–Crippen LogP) is 5.97. The van der Waals surface area contributed by atoms with Crippen LogP contribution in [0.15, 0.2) is 0 Å². The molecule has 3 unspecified atom stereocenters. The molecule has 0 aromatic heterocycles. The fourth-order valence-corrected chi connectivity index (χ4v) is 11.2. The van der Waals surface area contributed by atoms with E-state index in [-0.39, 0.29) is 127 Å². The molecule has 11 heteroatoms. The van der Waals surface area contributed by atoms with Crippen LogP contribution in [0.1, 0.15) is 143 Å². The van der Waals surface area contributed by atoms with Gasteiger partial charge in [-0.1, -0.05) is 59.8 Å². The number of ether oxygens (including phenoxy) is 4. The van der Waals surface area contributed by atoms with Crippen LogP contribution in [0.5, 0.6) is 0 Å². The molecule has 6 N–H and O–H groups in total. The lowest BCUT2D eigenvalue weighted by Gasteiger charge is -2.64. The Morgan fingerprint density at radius 2 is 1.35 bits per heavy atom. The van der Waals surface area contributed by atoms with E-state index in [4.69, 9.17) is 36.1 Å². The molecule has 4 rings (SSSR count). The zero-order valence-electron chi connectivity index (χ0n) is 32.8. The Morgan fingerprint density at radius 3 is 2.02 bits per heavy atom. The van der Waals surface area contributed by atoms with E-state index in [1.54, 1.807) is 0 Å². The molecule has 11 atom stereocenters. The molecule has 0 bridgehead atoms. The molecule has 0 heterocycles. The van der Waals surface area contributed by atoms with E-state index < -0.39 is 0 Å². The van der Waals surface area contributed by atoms with Gasteiger partial charge in [0.1, 0.15) is 18.3 Å². The summed E-state index contributed by atoms with van der Waals surface area (Å²) in [5.41, 5.74) is 16.7. The largest absolute Gasteiger partial charge is 0.466 e. The number of nitrogens with two attached hydrogens (primary N) is 3. The predicted molar refractivity (Wildman–Crippen MR) is 199 cm³/mol. The third kappa shape index (κ3) is 10.1. The Bertz CT molecular complexity index is 1180. The number of rotatable bonds is 20. The van der Waals surface area contributed by atoms with Crippen molar-refractivity contribution in [3.8, 4) is 0 Å². The zero-order chi connectivity index (χ0) is 37.9. The number of hydrogen-bond acceptors (Lipinski definition) is 11. The minimum atomic E-state index is -0.371. The average molecular weight is 734 g/mol. The Morgan fingerprint density at radius 1 is 0.712 bits per heavy atom. The van der Waals surface area contributed by atoms with Gasteiger partial charge in [-0.05, 0) is 92.8 Å². The smallest absolute Gasteiger partial charge is 0.307 e. The van der Waals surface area contributed by atoms with Crippen LogP contribution in [0, 0.1) is 46.3 Å². The molecular weight excluding hydrogens is 662 g/mol. The summed E-state index contributed by atoms with van der Waals surface area (Å²) in [5.74, 6) is -0.00360. The van der Waals surface area contributed by atoms with Gasteiger partial charge < -0.3 is 36.1 Å². The number of hydrogen-bond donors (Lipinski definition) is 3. The molecule has 4 aliphatic rings. The van der Waals surface area contributed by atoms with Crippen molar-refractivity contribution in [1.29, 1.82) is 0 Å². The van der Waals surface area contributed by atoms with Gasteiger partial charge in [-0.2, -0.15) is 0 Å². The zero-order valence-corrected chi connectivity index (χ0v) is 32.8. The van der Waals surface area contributed by atoms with E-state index in [1.807, 2.05) is 0 Å². The number of fused-ring (bicyclic) bond motifs is 5. The van der Waals surface area contributed by atoms with E-state index in [0.29, 0.717) is 38.7 Å². The van der Waals surface area contributed by atoms with Crippen LogP contribution >= 0.6 is 0 Å². The van der Waals surface area contributed by atoms with Gasteiger partial charge >= 0.3 is 23.9 Å². The first kappa shape index (κ1) is 42.5. The van der Waals surface area contributed by atoms with Gasteiger partial charge in [0.25, 0.3) is 0 Å². The fraction of sp³-hybridized carbons (Fsp3) is 0.902. The van der Waals surface area contributed by atoms with Crippen molar-refractivity contribution in [3.63, 3.8) is 0 Å². The molecule has 0 aliphatic heterocycles. The maximum Gasteiger partial charge on any atom is 0.307 e. The van der Waals surface area contributed by atoms with Crippen molar-refractivity contribution in [1.82, 2.24) is 0 Å². The van der Waals surface area contributed by atoms with Crippen molar-refractivity contribution in [2.75, 3.05) is 26.2 Å². The van der Waals surface area contributed by atoms with Gasteiger partial charge in [0, 0.05) is 37.4 Å². The SMILES string of the molecule is CCCCCCCCOC(=O)CC[C@@H](C)C1CC[C@H]2C3[C@H](OC(=O)CCN)CC4C[C@H](OC(=O)CCN)CC[C@]4(C)[C@H]3C[C@H](OC(=O)CCN)[C@]12C. The van der Waals surface area contributed by atoms with Crippen LogP contribution in [-0.4, -0.2) is 68.4 Å². The summed E-state index contributed by atoms with van der Waals surface area (Å²) in [6, 6.07) is 0. The third-order valence-corrected chi connectivity index (χ3v) is 13.9. The van der Waals surface area contributed by atoms with Crippen molar-refractivity contribution in [2.24, 2.45) is 63.5 Å². The molecule has 0 aromatic carbocycles. The molecule has 4 saturated carbocycles. The summed E-state index contributed by atoms with van der Waals surface area (Å²) in [5, 5.41) is 0. The van der Waals surface area contributed by atoms with Crippen molar-refractivity contribution < 1.29 is 38.1 Å². The second-order valence-corrected chi connectivity index (χ2v) is 17.0. The minimum Gasteiger partial charge on any atom is -0.466 e. The number of unbranched alkanes of at least 4 members (excludes halogenated alkanes) is 5. The van der Waals surface area contributed by atoms with Crippen LogP contribution in [0.2, 0.25) is 0 Å². The summed E-state index contributed by atoms with van der Waals surface area (Å²) in [7, 11) is 0. The fourth-order valence-electron chi connectivity index (χ4n) is 11.2. The van der Waals surface area contributed by atoms with Crippen LogP contribution in [0.4, 0.5) is 0 Å². The molecule has 4 fully saturated rings. The van der Waals surface area contributed by atoms with E-state index in [0.717, 1.165) is 38.5 Å². The second-order valence-electron chi connectivity index (χ2n) is 17.0. The summed E-state index contributed by atoms with van der Waals surface area (Å²) in [6.45, 7) is 10.3.